The molecule has 3 aromatic rings. The van der Waals surface area contributed by atoms with Crippen LogP contribution in [0.4, 0.5) is 0 Å². The fraction of sp³-hybridized carbons (Fsp3) is 0. The monoisotopic (exact) mass is 362 g/mol. The Balaban J connectivity index is 1.74. The highest BCUT2D eigenvalue weighted by Crippen LogP contribution is 2.34. The van der Waals surface area contributed by atoms with Gasteiger partial charge in [0, 0.05) is 29.6 Å². The van der Waals surface area contributed by atoms with Crippen molar-refractivity contribution in [2.24, 2.45) is 0 Å². The van der Waals surface area contributed by atoms with Crippen molar-refractivity contribution in [3.05, 3.63) is 82.8 Å². The van der Waals surface area contributed by atoms with E-state index in [1.165, 1.54) is 19.6 Å². The molecule has 0 aromatic heterocycles. The van der Waals surface area contributed by atoms with Crippen molar-refractivity contribution in [2.45, 2.75) is 19.6 Å². The number of benzene rings is 3. The largest absolute Gasteiger partial charge is 0.0901 e. The van der Waals surface area contributed by atoms with Crippen LogP contribution in [0.1, 0.15) is 0 Å². The molecule has 0 heterocycles. The summed E-state index contributed by atoms with van der Waals surface area (Å²) in [5.74, 6) is 0. The molecule has 0 amide bonds. The van der Waals surface area contributed by atoms with Crippen molar-refractivity contribution in [1.82, 2.24) is 0 Å². The Labute approximate surface area is 148 Å². The van der Waals surface area contributed by atoms with E-state index in [-0.39, 0.29) is 0 Å². The predicted octanol–water partition coefficient (Wildman–Crippen LogP) is 7.30. The molecule has 0 radical (unpaired) electrons. The zero-order chi connectivity index (χ0) is 15.4. The van der Waals surface area contributed by atoms with Crippen molar-refractivity contribution in [3.63, 3.8) is 0 Å². The molecular formula is C18H12Cl2S2. The second kappa shape index (κ2) is 7.47. The fourth-order valence-corrected chi connectivity index (χ4v) is 3.96. The molecule has 0 aliphatic carbocycles. The number of hydrogen-bond donors (Lipinski definition) is 0. The van der Waals surface area contributed by atoms with Gasteiger partial charge in [0.05, 0.1) is 0 Å². The van der Waals surface area contributed by atoms with Crippen LogP contribution in [0, 0.1) is 0 Å². The van der Waals surface area contributed by atoms with Gasteiger partial charge in [0.2, 0.25) is 0 Å². The lowest BCUT2D eigenvalue weighted by molar-refractivity contribution is 1.31. The molecule has 0 bridgehead atoms. The predicted molar refractivity (Wildman–Crippen MR) is 97.6 cm³/mol. The van der Waals surface area contributed by atoms with Crippen LogP contribution < -0.4 is 0 Å². The first-order valence-corrected chi connectivity index (χ1v) is 9.05. The highest BCUT2D eigenvalue weighted by molar-refractivity contribution is 8.00. The average molecular weight is 363 g/mol. The highest BCUT2D eigenvalue weighted by atomic mass is 35.5. The van der Waals surface area contributed by atoms with Gasteiger partial charge in [-0.2, -0.15) is 0 Å². The molecule has 0 fully saturated rings. The van der Waals surface area contributed by atoms with Crippen LogP contribution in [0.2, 0.25) is 10.0 Å². The van der Waals surface area contributed by atoms with E-state index in [1.54, 1.807) is 23.5 Å². The minimum absolute atomic E-state index is 0.761. The van der Waals surface area contributed by atoms with E-state index in [0.29, 0.717) is 0 Å². The van der Waals surface area contributed by atoms with Crippen LogP contribution in [0.5, 0.6) is 0 Å². The summed E-state index contributed by atoms with van der Waals surface area (Å²) >= 11 is 15.3. The maximum absolute atomic E-state index is 5.92. The molecule has 0 unspecified atom stereocenters. The lowest BCUT2D eigenvalue weighted by Gasteiger charge is -2.06. The van der Waals surface area contributed by atoms with E-state index >= 15 is 0 Å². The Bertz CT molecular complexity index is 690. The number of rotatable bonds is 4. The molecule has 110 valence electrons. The summed E-state index contributed by atoms with van der Waals surface area (Å²) in [6, 6.07) is 24.3. The summed E-state index contributed by atoms with van der Waals surface area (Å²) in [6.45, 7) is 0. The lowest BCUT2D eigenvalue weighted by Crippen LogP contribution is -1.77. The summed E-state index contributed by atoms with van der Waals surface area (Å²) in [6.07, 6.45) is 0. The van der Waals surface area contributed by atoms with Crippen LogP contribution in [-0.4, -0.2) is 0 Å². The first kappa shape index (κ1) is 15.8. The smallest absolute Gasteiger partial charge is 0.0406 e. The van der Waals surface area contributed by atoms with E-state index in [0.717, 1.165) is 10.0 Å². The van der Waals surface area contributed by atoms with Gasteiger partial charge < -0.3 is 0 Å². The molecular weight excluding hydrogens is 351 g/mol. The zero-order valence-electron chi connectivity index (χ0n) is 11.5. The Hall–Kier alpha value is -1.06. The second-order valence-corrected chi connectivity index (χ2v) is 7.75. The minimum Gasteiger partial charge on any atom is -0.0901 e. The van der Waals surface area contributed by atoms with Crippen molar-refractivity contribution >= 4 is 46.7 Å². The minimum atomic E-state index is 0.761. The molecule has 0 spiro atoms. The van der Waals surface area contributed by atoms with Crippen LogP contribution in [0.25, 0.3) is 0 Å². The summed E-state index contributed by atoms with van der Waals surface area (Å²) < 4.78 is 0. The topological polar surface area (TPSA) is 0 Å². The molecule has 3 rings (SSSR count). The van der Waals surface area contributed by atoms with E-state index in [2.05, 4.69) is 24.3 Å². The third kappa shape index (κ3) is 4.47. The Kier molecular flexibility index (Phi) is 5.37. The summed E-state index contributed by atoms with van der Waals surface area (Å²) in [4.78, 5) is 4.78. The van der Waals surface area contributed by atoms with Crippen LogP contribution in [0.3, 0.4) is 0 Å². The van der Waals surface area contributed by atoms with Gasteiger partial charge in [0.25, 0.3) is 0 Å². The SMILES string of the molecule is Clc1ccc(Sc2cccc(Sc3ccc(Cl)cc3)c2)cc1. The van der Waals surface area contributed by atoms with Gasteiger partial charge in [-0.05, 0) is 66.7 Å². The van der Waals surface area contributed by atoms with Crippen molar-refractivity contribution in [2.75, 3.05) is 0 Å². The molecule has 0 saturated heterocycles. The molecule has 3 aromatic carbocycles. The van der Waals surface area contributed by atoms with Gasteiger partial charge in [0.1, 0.15) is 0 Å². The third-order valence-electron chi connectivity index (χ3n) is 2.90. The average Bonchev–Trinajstić information content (AvgIpc) is 2.52. The van der Waals surface area contributed by atoms with Crippen LogP contribution in [-0.2, 0) is 0 Å². The Morgan fingerprint density at radius 1 is 0.500 bits per heavy atom. The quantitative estimate of drug-likeness (QED) is 0.477. The van der Waals surface area contributed by atoms with Gasteiger partial charge in [-0.25, -0.2) is 0 Å². The molecule has 0 atom stereocenters. The second-order valence-electron chi connectivity index (χ2n) is 4.59. The highest BCUT2D eigenvalue weighted by Gasteiger charge is 2.02. The maximum Gasteiger partial charge on any atom is 0.0406 e. The molecule has 4 heteroatoms. The van der Waals surface area contributed by atoms with E-state index in [9.17, 15) is 0 Å². The standard InChI is InChI=1S/C18H12Cl2S2/c19-13-4-8-15(9-5-13)21-17-2-1-3-18(12-17)22-16-10-6-14(20)7-11-16/h1-12H. The number of halogens is 2. The third-order valence-corrected chi connectivity index (χ3v) is 5.40. The summed E-state index contributed by atoms with van der Waals surface area (Å²) in [5.41, 5.74) is 0. The van der Waals surface area contributed by atoms with Crippen LogP contribution >= 0.6 is 46.7 Å². The molecule has 22 heavy (non-hydrogen) atoms. The zero-order valence-corrected chi connectivity index (χ0v) is 14.6. The van der Waals surface area contributed by atoms with E-state index in [1.807, 2.05) is 48.5 Å². The lowest BCUT2D eigenvalue weighted by atomic mass is 10.4. The first-order valence-electron chi connectivity index (χ1n) is 6.66. The fourth-order valence-electron chi connectivity index (χ4n) is 1.88. The maximum atomic E-state index is 5.92. The van der Waals surface area contributed by atoms with Crippen LogP contribution in [0.15, 0.2) is 92.4 Å². The van der Waals surface area contributed by atoms with Gasteiger partial charge >= 0.3 is 0 Å². The Morgan fingerprint density at radius 3 is 1.32 bits per heavy atom. The van der Waals surface area contributed by atoms with Crippen molar-refractivity contribution in [1.29, 1.82) is 0 Å². The van der Waals surface area contributed by atoms with Gasteiger partial charge in [-0.15, -0.1) is 0 Å². The summed E-state index contributed by atoms with van der Waals surface area (Å²) in [7, 11) is 0. The molecule has 0 aliphatic rings. The first-order chi connectivity index (χ1) is 10.7. The van der Waals surface area contributed by atoms with Crippen molar-refractivity contribution in [3.8, 4) is 0 Å². The molecule has 0 nitrogen and oxygen atoms in total. The van der Waals surface area contributed by atoms with Crippen molar-refractivity contribution < 1.29 is 0 Å². The summed E-state index contributed by atoms with van der Waals surface area (Å²) in [5, 5.41) is 1.52. The number of hydrogen-bond acceptors (Lipinski definition) is 2. The normalized spacial score (nSPS) is 10.6. The Morgan fingerprint density at radius 2 is 0.909 bits per heavy atom. The van der Waals surface area contributed by atoms with E-state index < -0.39 is 0 Å². The molecule has 0 aliphatic heterocycles. The molecule has 0 N–H and O–H groups in total. The van der Waals surface area contributed by atoms with Gasteiger partial charge in [0.15, 0.2) is 0 Å². The van der Waals surface area contributed by atoms with Gasteiger partial charge in [-0.3, -0.25) is 0 Å². The van der Waals surface area contributed by atoms with E-state index in [4.69, 9.17) is 23.2 Å². The van der Waals surface area contributed by atoms with Gasteiger partial charge in [-0.1, -0.05) is 52.8 Å². The molecule has 0 saturated carbocycles.